The second-order valence-electron chi connectivity index (χ2n) is 11.7. The third-order valence-electron chi connectivity index (χ3n) is 8.80. The van der Waals surface area contributed by atoms with Crippen LogP contribution >= 0.6 is 11.8 Å². The summed E-state index contributed by atoms with van der Waals surface area (Å²) in [4.78, 5) is 44.4. The van der Waals surface area contributed by atoms with Crippen molar-refractivity contribution in [3.8, 4) is 11.8 Å². The van der Waals surface area contributed by atoms with Gasteiger partial charge in [-0.05, 0) is 68.2 Å². The number of piperazine rings is 1. The molecule has 260 valence electrons. The van der Waals surface area contributed by atoms with Gasteiger partial charge in [0.2, 0.25) is 17.7 Å². The van der Waals surface area contributed by atoms with Crippen molar-refractivity contribution < 1.29 is 19.5 Å². The molecule has 2 saturated heterocycles. The van der Waals surface area contributed by atoms with Gasteiger partial charge in [-0.3, -0.25) is 14.4 Å². The van der Waals surface area contributed by atoms with Crippen molar-refractivity contribution in [2.75, 3.05) is 70.3 Å². The van der Waals surface area contributed by atoms with E-state index in [-0.39, 0.29) is 36.4 Å². The molecule has 0 spiro atoms. The zero-order valence-electron chi connectivity index (χ0n) is 28.6. The number of nitrogens with zero attached hydrogens (tertiary/aromatic N) is 5. The molecule has 0 aromatic heterocycles. The van der Waals surface area contributed by atoms with Gasteiger partial charge in [-0.15, -0.1) is 0 Å². The number of phenolic OH excluding ortho intramolecular Hbond substituents is 1. The second kappa shape index (κ2) is 19.1. The number of benzene rings is 2. The third-order valence-corrected chi connectivity index (χ3v) is 10.2. The summed E-state index contributed by atoms with van der Waals surface area (Å²) in [5, 5.41) is 21.5. The highest BCUT2D eigenvalue weighted by atomic mass is 32.2. The van der Waals surface area contributed by atoms with Gasteiger partial charge in [0.05, 0.1) is 11.1 Å². The Kier molecular flexibility index (Phi) is 15.3. The van der Waals surface area contributed by atoms with Crippen molar-refractivity contribution in [1.82, 2.24) is 20.0 Å². The van der Waals surface area contributed by atoms with Crippen LogP contribution in [0.25, 0.3) is 0 Å². The number of carbonyl (C=O) groups is 3. The second-order valence-corrected chi connectivity index (χ2v) is 13.1. The molecule has 2 aliphatic rings. The van der Waals surface area contributed by atoms with E-state index in [9.17, 15) is 19.5 Å². The number of thioether (sulfide) groups is 1. The van der Waals surface area contributed by atoms with Crippen molar-refractivity contribution in [1.29, 1.82) is 5.26 Å². The molecule has 11 nitrogen and oxygen atoms in total. The quantitative estimate of drug-likeness (QED) is 0.273. The molecule has 0 saturated carbocycles. The van der Waals surface area contributed by atoms with E-state index in [0.29, 0.717) is 32.6 Å². The van der Waals surface area contributed by atoms with Crippen LogP contribution in [0.1, 0.15) is 51.2 Å². The fraction of sp³-hybridized carbons (Fsp3) is 0.500. The molecule has 3 amide bonds. The number of nitriles is 1. The molecule has 1 unspecified atom stereocenters. The maximum Gasteiger partial charge on any atom is 0.249 e. The minimum Gasteiger partial charge on any atom is -0.508 e. The first-order chi connectivity index (χ1) is 23.1. The van der Waals surface area contributed by atoms with Crippen LogP contribution in [0.5, 0.6) is 5.75 Å². The zero-order chi connectivity index (χ0) is 35.1. The number of aromatic hydroxyl groups is 1. The number of anilines is 1. The molecule has 1 atom stereocenters. The first kappa shape index (κ1) is 38.4. The van der Waals surface area contributed by atoms with Crippen LogP contribution in [0.3, 0.4) is 0 Å². The van der Waals surface area contributed by atoms with Crippen LogP contribution < -0.4 is 16.0 Å². The third kappa shape index (κ3) is 10.2. The molecule has 0 radical (unpaired) electrons. The Morgan fingerprint density at radius 2 is 1.71 bits per heavy atom. The summed E-state index contributed by atoms with van der Waals surface area (Å²) in [6.45, 7) is 17.4. The number of likely N-dealkylation sites (N-methyl/N-ethyl adjacent to an activating group) is 2. The number of carbonyl (C=O) groups excluding carboxylic acids is 3. The summed E-state index contributed by atoms with van der Waals surface area (Å²) in [7, 11) is 0. The van der Waals surface area contributed by atoms with Gasteiger partial charge in [0.1, 0.15) is 16.9 Å². The van der Waals surface area contributed by atoms with E-state index < -0.39 is 4.75 Å². The Morgan fingerprint density at radius 3 is 2.25 bits per heavy atom. The number of amides is 3. The van der Waals surface area contributed by atoms with Gasteiger partial charge in [0.25, 0.3) is 0 Å². The number of nitrogens with two attached hydrogens (primary N) is 1. The van der Waals surface area contributed by atoms with Crippen molar-refractivity contribution in [2.45, 2.75) is 51.2 Å². The number of hydrogen-bond donors (Lipinski definition) is 3. The minimum atomic E-state index is -0.781. The van der Waals surface area contributed by atoms with Crippen LogP contribution in [0.15, 0.2) is 60.1 Å². The van der Waals surface area contributed by atoms with E-state index in [1.807, 2.05) is 49.4 Å². The molecular formula is C36H51N7O4S. The molecule has 4 rings (SSSR count). The first-order valence-corrected chi connectivity index (χ1v) is 17.6. The highest BCUT2D eigenvalue weighted by Crippen LogP contribution is 2.49. The summed E-state index contributed by atoms with van der Waals surface area (Å²) in [5.74, 6) is 0.271. The van der Waals surface area contributed by atoms with Crippen molar-refractivity contribution in [3.05, 3.63) is 71.3 Å². The molecule has 2 aliphatic heterocycles. The van der Waals surface area contributed by atoms with E-state index in [1.165, 1.54) is 11.8 Å². The van der Waals surface area contributed by atoms with Crippen LogP contribution in [-0.4, -0.2) is 103 Å². The van der Waals surface area contributed by atoms with Crippen molar-refractivity contribution >= 4 is 35.2 Å². The summed E-state index contributed by atoms with van der Waals surface area (Å²) >= 11 is 1.45. The van der Waals surface area contributed by atoms with E-state index in [2.05, 4.69) is 35.5 Å². The Morgan fingerprint density at radius 1 is 1.06 bits per heavy atom. The van der Waals surface area contributed by atoms with Gasteiger partial charge >= 0.3 is 0 Å². The van der Waals surface area contributed by atoms with Crippen molar-refractivity contribution in [2.24, 2.45) is 5.73 Å². The highest BCUT2D eigenvalue weighted by molar-refractivity contribution is 8.05. The number of phenols is 1. The predicted octanol–water partition coefficient (Wildman–Crippen LogP) is 3.64. The Balaban J connectivity index is 0.000000294. The molecular weight excluding hydrogens is 627 g/mol. The molecule has 12 heteroatoms. The van der Waals surface area contributed by atoms with E-state index in [1.54, 1.807) is 21.9 Å². The SMILES string of the molecule is C=C1SC(CN)(c2ccc(CCCC(=O)NCCN(CC)CC)cc2)C(=O)N1CC.N#CCC(=O)N1CCN(c2ccc(O)cc2)CC1. The standard InChI is InChI=1S/C23H36N4O2S.C13H15N3O2/c1-5-26(6-2)16-15-25-21(28)10-8-9-19-11-13-20(14-12-19)23(17-24)22(29)27(7-3)18(4)30-23;14-6-5-13(18)16-9-7-15(8-10-16)11-1-3-12(17)4-2-11/h11-14H,4-10,15-17,24H2,1-3H3,(H,25,28);1-4,17H,5,7-10H2. The first-order valence-electron chi connectivity index (χ1n) is 16.8. The lowest BCUT2D eigenvalue weighted by atomic mass is 9.94. The zero-order valence-corrected chi connectivity index (χ0v) is 29.4. The molecule has 4 N–H and O–H groups in total. The summed E-state index contributed by atoms with van der Waals surface area (Å²) in [6, 6.07) is 17.0. The van der Waals surface area contributed by atoms with E-state index in [0.717, 1.165) is 67.4 Å². The van der Waals surface area contributed by atoms with Crippen LogP contribution in [0.4, 0.5) is 5.69 Å². The largest absolute Gasteiger partial charge is 0.508 e. The summed E-state index contributed by atoms with van der Waals surface area (Å²) < 4.78 is -0.781. The van der Waals surface area contributed by atoms with E-state index >= 15 is 0 Å². The fourth-order valence-electron chi connectivity index (χ4n) is 5.81. The number of hydrogen-bond acceptors (Lipinski definition) is 9. The van der Waals surface area contributed by atoms with Crippen LogP contribution in [0, 0.1) is 11.3 Å². The molecule has 48 heavy (non-hydrogen) atoms. The number of rotatable bonds is 14. The molecule has 2 aromatic carbocycles. The molecule has 0 aliphatic carbocycles. The molecule has 2 aromatic rings. The lowest BCUT2D eigenvalue weighted by Crippen LogP contribution is -2.48. The monoisotopic (exact) mass is 677 g/mol. The van der Waals surface area contributed by atoms with Gasteiger partial charge in [-0.2, -0.15) is 5.26 Å². The summed E-state index contributed by atoms with van der Waals surface area (Å²) in [6.07, 6.45) is 2.10. The predicted molar refractivity (Wildman–Crippen MR) is 192 cm³/mol. The normalized spacial score (nSPS) is 17.6. The van der Waals surface area contributed by atoms with E-state index in [4.69, 9.17) is 11.0 Å². The fourth-order valence-corrected chi connectivity index (χ4v) is 7.07. The minimum absolute atomic E-state index is 0.0108. The smallest absolute Gasteiger partial charge is 0.249 e. The van der Waals surface area contributed by atoms with Gasteiger partial charge in [0.15, 0.2) is 0 Å². The Bertz CT molecular complexity index is 1400. The Hall–Kier alpha value is -4.05. The van der Waals surface area contributed by atoms with Crippen LogP contribution in [0.2, 0.25) is 0 Å². The molecule has 2 heterocycles. The van der Waals surface area contributed by atoms with Gasteiger partial charge < -0.3 is 35.8 Å². The lowest BCUT2D eigenvalue weighted by Gasteiger charge is -2.35. The Labute approximate surface area is 289 Å². The van der Waals surface area contributed by atoms with Crippen LogP contribution in [-0.2, 0) is 25.6 Å². The average molecular weight is 678 g/mol. The maximum atomic E-state index is 12.9. The topological polar surface area (TPSA) is 146 Å². The molecule has 0 bridgehead atoms. The van der Waals surface area contributed by atoms with Gasteiger partial charge in [0, 0.05) is 64.5 Å². The highest BCUT2D eigenvalue weighted by Gasteiger charge is 2.49. The lowest BCUT2D eigenvalue weighted by molar-refractivity contribution is -0.131. The van der Waals surface area contributed by atoms with Gasteiger partial charge in [-0.1, -0.05) is 56.5 Å². The summed E-state index contributed by atoms with van der Waals surface area (Å²) in [5.41, 5.74) is 9.15. The van der Waals surface area contributed by atoms with Crippen molar-refractivity contribution in [3.63, 3.8) is 0 Å². The maximum absolute atomic E-state index is 12.9. The number of aryl methyl sites for hydroxylation is 1. The van der Waals surface area contributed by atoms with Gasteiger partial charge in [-0.25, -0.2) is 0 Å². The molecule has 2 fully saturated rings. The number of nitrogens with one attached hydrogen (secondary N) is 1. The average Bonchev–Trinajstić information content (AvgIpc) is 3.36.